The van der Waals surface area contributed by atoms with Gasteiger partial charge in [-0.2, -0.15) is 5.10 Å². The average molecular weight is 177 g/mol. The second-order valence-corrected chi connectivity index (χ2v) is 3.12. The summed E-state index contributed by atoms with van der Waals surface area (Å²) in [4.78, 5) is 0. The first kappa shape index (κ1) is 6.76. The molecule has 6 nitrogen and oxygen atoms in total. The minimum absolute atomic E-state index is 0.188. The van der Waals surface area contributed by atoms with Crippen molar-refractivity contribution in [2.24, 2.45) is 0 Å². The number of aryl methyl sites for hydroxylation is 1. The molecule has 2 aromatic rings. The van der Waals surface area contributed by atoms with Crippen molar-refractivity contribution in [1.29, 1.82) is 0 Å². The van der Waals surface area contributed by atoms with Crippen molar-refractivity contribution in [1.82, 2.24) is 25.3 Å². The van der Waals surface area contributed by atoms with Gasteiger partial charge in [0.25, 0.3) is 0 Å². The Labute approximate surface area is 73.2 Å². The van der Waals surface area contributed by atoms with Crippen LogP contribution in [0.25, 0.3) is 5.65 Å². The van der Waals surface area contributed by atoms with Crippen molar-refractivity contribution < 1.29 is 5.11 Å². The van der Waals surface area contributed by atoms with Gasteiger partial charge < -0.3 is 5.11 Å². The normalized spacial score (nSPS) is 15.1. The number of nitrogens with zero attached hydrogens (tertiary/aromatic N) is 5. The van der Waals surface area contributed by atoms with E-state index in [0.29, 0.717) is 5.65 Å². The van der Waals surface area contributed by atoms with Gasteiger partial charge in [0.05, 0.1) is 5.69 Å². The molecule has 0 bridgehead atoms. The van der Waals surface area contributed by atoms with Gasteiger partial charge in [0.1, 0.15) is 0 Å². The van der Waals surface area contributed by atoms with E-state index < -0.39 is 0 Å². The molecule has 0 saturated heterocycles. The first-order valence-corrected chi connectivity index (χ1v) is 4.15. The SMILES string of the molecule is Oc1c2c(nn3nnnc13)CCC2. The molecule has 0 atom stereocenters. The van der Waals surface area contributed by atoms with Gasteiger partial charge >= 0.3 is 0 Å². The number of aromatic hydroxyl groups is 1. The fraction of sp³-hybridized carbons (Fsp3) is 0.429. The van der Waals surface area contributed by atoms with Gasteiger partial charge in [0.15, 0.2) is 5.75 Å². The van der Waals surface area contributed by atoms with Crippen LogP contribution < -0.4 is 0 Å². The maximum Gasteiger partial charge on any atom is 0.241 e. The predicted molar refractivity (Wildman–Crippen MR) is 42.3 cm³/mol. The second-order valence-electron chi connectivity index (χ2n) is 3.12. The molecule has 66 valence electrons. The standard InChI is InChI=1S/C7H7N5O/c13-6-4-2-1-3-5(4)9-12-7(6)8-10-11-12/h13H,1-3H2. The van der Waals surface area contributed by atoms with Crippen molar-refractivity contribution in [3.05, 3.63) is 11.3 Å². The van der Waals surface area contributed by atoms with Crippen LogP contribution in [0.5, 0.6) is 5.75 Å². The minimum Gasteiger partial charge on any atom is -0.504 e. The number of tetrazole rings is 1. The van der Waals surface area contributed by atoms with Gasteiger partial charge in [0, 0.05) is 5.56 Å². The lowest BCUT2D eigenvalue weighted by atomic mass is 10.2. The summed E-state index contributed by atoms with van der Waals surface area (Å²) in [6.07, 6.45) is 2.81. The summed E-state index contributed by atoms with van der Waals surface area (Å²) in [5.41, 5.74) is 2.17. The van der Waals surface area contributed by atoms with E-state index in [-0.39, 0.29) is 5.75 Å². The van der Waals surface area contributed by atoms with E-state index in [4.69, 9.17) is 0 Å². The molecule has 2 heterocycles. The van der Waals surface area contributed by atoms with Gasteiger partial charge in [-0.25, -0.2) is 0 Å². The molecule has 0 unspecified atom stereocenters. The zero-order valence-corrected chi connectivity index (χ0v) is 6.80. The van der Waals surface area contributed by atoms with Crippen LogP contribution in [-0.2, 0) is 12.8 Å². The Morgan fingerprint density at radius 3 is 3.15 bits per heavy atom. The summed E-state index contributed by atoms with van der Waals surface area (Å²) < 4.78 is 1.28. The molecule has 0 fully saturated rings. The number of hydrogen-bond donors (Lipinski definition) is 1. The molecule has 1 N–H and O–H groups in total. The summed E-state index contributed by atoms with van der Waals surface area (Å²) in [6.45, 7) is 0. The monoisotopic (exact) mass is 177 g/mol. The summed E-state index contributed by atoms with van der Waals surface area (Å²) in [7, 11) is 0. The van der Waals surface area contributed by atoms with E-state index in [0.717, 1.165) is 30.5 Å². The van der Waals surface area contributed by atoms with Crippen molar-refractivity contribution in [3.8, 4) is 5.75 Å². The third-order valence-corrected chi connectivity index (χ3v) is 2.36. The molecule has 0 spiro atoms. The highest BCUT2D eigenvalue weighted by Crippen LogP contribution is 2.29. The molecule has 0 amide bonds. The molecule has 1 aliphatic rings. The fourth-order valence-electron chi connectivity index (χ4n) is 1.73. The highest BCUT2D eigenvalue weighted by molar-refractivity contribution is 5.56. The first-order chi connectivity index (χ1) is 6.36. The van der Waals surface area contributed by atoms with Crippen LogP contribution in [0, 0.1) is 0 Å². The molecule has 0 radical (unpaired) electrons. The van der Waals surface area contributed by atoms with E-state index in [2.05, 4.69) is 20.6 Å². The summed E-state index contributed by atoms with van der Waals surface area (Å²) >= 11 is 0. The molecule has 6 heteroatoms. The number of hydrogen-bond acceptors (Lipinski definition) is 5. The Kier molecular flexibility index (Phi) is 1.12. The van der Waals surface area contributed by atoms with Crippen molar-refractivity contribution in [2.75, 3.05) is 0 Å². The molecule has 0 aliphatic heterocycles. The lowest BCUT2D eigenvalue weighted by molar-refractivity contribution is 0.467. The topological polar surface area (TPSA) is 76.2 Å². The zero-order chi connectivity index (χ0) is 8.84. The Morgan fingerprint density at radius 2 is 2.23 bits per heavy atom. The summed E-state index contributed by atoms with van der Waals surface area (Å²) in [5, 5.41) is 24.7. The number of fused-ring (bicyclic) bond motifs is 2. The van der Waals surface area contributed by atoms with Crippen LogP contribution >= 0.6 is 0 Å². The Hall–Kier alpha value is -1.72. The maximum atomic E-state index is 9.76. The molecule has 1 aliphatic carbocycles. The third kappa shape index (κ3) is 0.769. The Bertz CT molecular complexity index is 477. The van der Waals surface area contributed by atoms with E-state index >= 15 is 0 Å². The van der Waals surface area contributed by atoms with Gasteiger partial charge in [-0.05, 0) is 29.7 Å². The van der Waals surface area contributed by atoms with Crippen LogP contribution in [0.1, 0.15) is 17.7 Å². The van der Waals surface area contributed by atoms with Crippen LogP contribution in [0.2, 0.25) is 0 Å². The maximum absolute atomic E-state index is 9.76. The van der Waals surface area contributed by atoms with Crippen molar-refractivity contribution in [3.63, 3.8) is 0 Å². The predicted octanol–water partition coefficient (Wildman–Crippen LogP) is -0.286. The summed E-state index contributed by atoms with van der Waals surface area (Å²) in [5.74, 6) is 0.188. The van der Waals surface area contributed by atoms with Gasteiger partial charge in [-0.3, -0.25) is 0 Å². The van der Waals surface area contributed by atoms with E-state index in [1.54, 1.807) is 0 Å². The van der Waals surface area contributed by atoms with Crippen LogP contribution in [0.15, 0.2) is 0 Å². The highest BCUT2D eigenvalue weighted by Gasteiger charge is 2.20. The zero-order valence-electron chi connectivity index (χ0n) is 6.80. The van der Waals surface area contributed by atoms with Crippen LogP contribution in [0.4, 0.5) is 0 Å². The Balaban J connectivity index is 2.45. The lowest BCUT2D eigenvalue weighted by Crippen LogP contribution is -2.00. The molecule has 0 saturated carbocycles. The van der Waals surface area contributed by atoms with Gasteiger partial charge in [-0.15, -0.1) is 9.73 Å². The van der Waals surface area contributed by atoms with Gasteiger partial charge in [-0.1, -0.05) is 0 Å². The summed E-state index contributed by atoms with van der Waals surface area (Å²) in [6, 6.07) is 0. The molecule has 0 aromatic carbocycles. The molecule has 13 heavy (non-hydrogen) atoms. The fourth-order valence-corrected chi connectivity index (χ4v) is 1.73. The smallest absolute Gasteiger partial charge is 0.241 e. The van der Waals surface area contributed by atoms with Gasteiger partial charge in [0.2, 0.25) is 5.65 Å². The van der Waals surface area contributed by atoms with E-state index in [9.17, 15) is 5.11 Å². The molecule has 3 rings (SSSR count). The molecule has 2 aromatic heterocycles. The number of aromatic nitrogens is 5. The van der Waals surface area contributed by atoms with Crippen molar-refractivity contribution >= 4 is 5.65 Å². The number of rotatable bonds is 0. The average Bonchev–Trinajstić information content (AvgIpc) is 2.71. The second kappa shape index (κ2) is 2.15. The molecular formula is C7H7N5O. The third-order valence-electron chi connectivity index (χ3n) is 2.36. The quantitative estimate of drug-likeness (QED) is 0.598. The van der Waals surface area contributed by atoms with Crippen LogP contribution in [0.3, 0.4) is 0 Å². The first-order valence-electron chi connectivity index (χ1n) is 4.15. The highest BCUT2D eigenvalue weighted by atomic mass is 16.3. The minimum atomic E-state index is 0.188. The van der Waals surface area contributed by atoms with Crippen LogP contribution in [-0.4, -0.2) is 30.4 Å². The lowest BCUT2D eigenvalue weighted by Gasteiger charge is -2.00. The van der Waals surface area contributed by atoms with E-state index in [1.807, 2.05) is 0 Å². The van der Waals surface area contributed by atoms with E-state index in [1.165, 1.54) is 4.63 Å². The molecular weight excluding hydrogens is 170 g/mol. The largest absolute Gasteiger partial charge is 0.504 e. The Morgan fingerprint density at radius 1 is 1.31 bits per heavy atom. The van der Waals surface area contributed by atoms with Crippen molar-refractivity contribution in [2.45, 2.75) is 19.3 Å².